The zero-order chi connectivity index (χ0) is 26.7. The standard InChI is InChI=1S/C34H30ClN3O/c35-30-18-16-25(17-19-30)22-36-33(39)21-26-20-31(26)32-23-38(24-37-32)34(27-10-4-1-5-11-27,28-12-6-2-7-13-28)29-14-8-3-9-15-29/h1-19,23-24,26,31H,20-22H2,(H,36,39)/t26-,31+/m1/s1. The van der Waals surface area contributed by atoms with Crippen molar-refractivity contribution in [3.8, 4) is 0 Å². The molecule has 5 heteroatoms. The van der Waals surface area contributed by atoms with Crippen molar-refractivity contribution in [1.29, 1.82) is 0 Å². The van der Waals surface area contributed by atoms with Gasteiger partial charge in [0.25, 0.3) is 0 Å². The van der Waals surface area contributed by atoms with E-state index in [9.17, 15) is 4.79 Å². The predicted octanol–water partition coefficient (Wildman–Crippen LogP) is 7.19. The molecule has 6 rings (SSSR count). The van der Waals surface area contributed by atoms with Crippen molar-refractivity contribution in [1.82, 2.24) is 14.9 Å². The zero-order valence-electron chi connectivity index (χ0n) is 21.6. The number of nitrogens with one attached hydrogen (secondary N) is 1. The third-order valence-corrected chi connectivity index (χ3v) is 7.97. The normalized spacial score (nSPS) is 16.5. The van der Waals surface area contributed by atoms with Crippen LogP contribution in [0.1, 0.15) is 46.7 Å². The number of carbonyl (C=O) groups is 1. The topological polar surface area (TPSA) is 46.9 Å². The molecule has 1 aliphatic carbocycles. The molecule has 4 nitrogen and oxygen atoms in total. The quantitative estimate of drug-likeness (QED) is 0.205. The molecular weight excluding hydrogens is 502 g/mol. The van der Waals surface area contributed by atoms with Gasteiger partial charge in [-0.3, -0.25) is 4.79 Å². The molecule has 1 N–H and O–H groups in total. The Hall–Kier alpha value is -4.15. The van der Waals surface area contributed by atoms with Gasteiger partial charge < -0.3 is 9.88 Å². The molecule has 1 aromatic heterocycles. The smallest absolute Gasteiger partial charge is 0.220 e. The van der Waals surface area contributed by atoms with Crippen molar-refractivity contribution in [3.63, 3.8) is 0 Å². The minimum Gasteiger partial charge on any atom is -0.352 e. The minimum absolute atomic E-state index is 0.0732. The summed E-state index contributed by atoms with van der Waals surface area (Å²) in [4.78, 5) is 17.6. The van der Waals surface area contributed by atoms with Gasteiger partial charge in [-0.2, -0.15) is 0 Å². The van der Waals surface area contributed by atoms with Gasteiger partial charge >= 0.3 is 0 Å². The Kier molecular flexibility index (Phi) is 7.04. The average Bonchev–Trinajstić information content (AvgIpc) is 3.57. The summed E-state index contributed by atoms with van der Waals surface area (Å²) in [6, 6.07) is 39.4. The summed E-state index contributed by atoms with van der Waals surface area (Å²) in [5, 5.41) is 3.74. The highest BCUT2D eigenvalue weighted by Gasteiger charge is 2.43. The number of carbonyl (C=O) groups excluding carboxylic acids is 1. The summed E-state index contributed by atoms with van der Waals surface area (Å²) in [5.41, 5.74) is 5.01. The number of nitrogens with zero attached hydrogens (tertiary/aromatic N) is 2. The molecule has 0 radical (unpaired) electrons. The number of amides is 1. The number of hydrogen-bond donors (Lipinski definition) is 1. The van der Waals surface area contributed by atoms with Crippen LogP contribution in [0.4, 0.5) is 0 Å². The first-order chi connectivity index (χ1) is 19.1. The van der Waals surface area contributed by atoms with E-state index in [1.54, 1.807) is 0 Å². The Morgan fingerprint density at radius 2 is 1.36 bits per heavy atom. The number of aromatic nitrogens is 2. The van der Waals surface area contributed by atoms with Crippen LogP contribution in [0.5, 0.6) is 0 Å². The SMILES string of the molecule is O=C(C[C@H]1C[C@@H]1c1cn(C(c2ccccc2)(c2ccccc2)c2ccccc2)cn1)NCc1ccc(Cl)cc1. The van der Waals surface area contributed by atoms with Gasteiger partial charge in [0.05, 0.1) is 12.0 Å². The largest absolute Gasteiger partial charge is 0.352 e. The summed E-state index contributed by atoms with van der Waals surface area (Å²) in [6.45, 7) is 0.510. The first kappa shape index (κ1) is 25.1. The maximum absolute atomic E-state index is 12.7. The van der Waals surface area contributed by atoms with E-state index in [0.717, 1.165) is 17.7 Å². The summed E-state index contributed by atoms with van der Waals surface area (Å²) in [7, 11) is 0. The summed E-state index contributed by atoms with van der Waals surface area (Å²) >= 11 is 5.96. The van der Waals surface area contributed by atoms with Gasteiger partial charge in [-0.1, -0.05) is 115 Å². The molecule has 5 aromatic rings. The molecule has 194 valence electrons. The van der Waals surface area contributed by atoms with E-state index in [4.69, 9.17) is 16.6 Å². The Labute approximate surface area is 234 Å². The summed E-state index contributed by atoms with van der Waals surface area (Å²) < 4.78 is 2.25. The highest BCUT2D eigenvalue weighted by atomic mass is 35.5. The summed E-state index contributed by atoms with van der Waals surface area (Å²) in [6.07, 6.45) is 5.62. The fraction of sp³-hybridized carbons (Fsp3) is 0.176. The average molecular weight is 532 g/mol. The van der Waals surface area contributed by atoms with E-state index in [1.165, 1.54) is 16.7 Å². The van der Waals surface area contributed by atoms with E-state index >= 15 is 0 Å². The number of rotatable bonds is 9. The number of imidazole rings is 1. The molecule has 1 heterocycles. The second-order valence-corrected chi connectivity index (χ2v) is 10.7. The van der Waals surface area contributed by atoms with Crippen LogP contribution in [-0.4, -0.2) is 15.5 Å². The predicted molar refractivity (Wildman–Crippen MR) is 156 cm³/mol. The monoisotopic (exact) mass is 531 g/mol. The fourth-order valence-corrected chi connectivity index (χ4v) is 5.77. The lowest BCUT2D eigenvalue weighted by molar-refractivity contribution is -0.121. The first-order valence-electron chi connectivity index (χ1n) is 13.4. The Morgan fingerprint density at radius 3 is 1.90 bits per heavy atom. The van der Waals surface area contributed by atoms with Crippen LogP contribution in [0.3, 0.4) is 0 Å². The molecule has 0 bridgehead atoms. The van der Waals surface area contributed by atoms with Gasteiger partial charge in [0.2, 0.25) is 5.91 Å². The van der Waals surface area contributed by atoms with Gasteiger partial charge in [-0.05, 0) is 46.7 Å². The molecule has 0 spiro atoms. The third kappa shape index (κ3) is 5.13. The van der Waals surface area contributed by atoms with Crippen molar-refractivity contribution in [2.75, 3.05) is 0 Å². The number of hydrogen-bond acceptors (Lipinski definition) is 2. The molecular formula is C34H30ClN3O. The fourth-order valence-electron chi connectivity index (χ4n) is 5.65. The molecule has 0 unspecified atom stereocenters. The van der Waals surface area contributed by atoms with Crippen molar-refractivity contribution in [3.05, 3.63) is 161 Å². The van der Waals surface area contributed by atoms with E-state index in [-0.39, 0.29) is 11.8 Å². The van der Waals surface area contributed by atoms with Crippen LogP contribution in [0, 0.1) is 5.92 Å². The van der Waals surface area contributed by atoms with Crippen LogP contribution >= 0.6 is 11.6 Å². The van der Waals surface area contributed by atoms with Crippen molar-refractivity contribution < 1.29 is 4.79 Å². The molecule has 4 aromatic carbocycles. The third-order valence-electron chi connectivity index (χ3n) is 7.72. The molecule has 1 aliphatic rings. The second kappa shape index (κ2) is 10.9. The maximum atomic E-state index is 12.7. The molecule has 39 heavy (non-hydrogen) atoms. The first-order valence-corrected chi connectivity index (χ1v) is 13.7. The summed E-state index contributed by atoms with van der Waals surface area (Å²) in [5.74, 6) is 0.662. The highest BCUT2D eigenvalue weighted by molar-refractivity contribution is 6.30. The molecule has 1 saturated carbocycles. The second-order valence-electron chi connectivity index (χ2n) is 10.2. The van der Waals surface area contributed by atoms with Crippen LogP contribution in [0.2, 0.25) is 5.02 Å². The van der Waals surface area contributed by atoms with Gasteiger partial charge in [0, 0.05) is 30.1 Å². The number of halogens is 1. The van der Waals surface area contributed by atoms with Gasteiger partial charge in [0.1, 0.15) is 5.54 Å². The van der Waals surface area contributed by atoms with E-state index in [1.807, 2.05) is 30.6 Å². The highest BCUT2D eigenvalue weighted by Crippen LogP contribution is 2.50. The zero-order valence-corrected chi connectivity index (χ0v) is 22.3. The van der Waals surface area contributed by atoms with Crippen LogP contribution in [0.25, 0.3) is 0 Å². The van der Waals surface area contributed by atoms with Gasteiger partial charge in [0.15, 0.2) is 0 Å². The van der Waals surface area contributed by atoms with Crippen LogP contribution < -0.4 is 5.32 Å². The van der Waals surface area contributed by atoms with E-state index in [2.05, 4.69) is 107 Å². The lowest BCUT2D eigenvalue weighted by atomic mass is 9.77. The molecule has 0 aliphatic heterocycles. The Bertz CT molecular complexity index is 1440. The Morgan fingerprint density at radius 1 is 0.821 bits per heavy atom. The van der Waals surface area contributed by atoms with Gasteiger partial charge in [-0.25, -0.2) is 4.98 Å². The molecule has 1 amide bonds. The van der Waals surface area contributed by atoms with Crippen molar-refractivity contribution in [2.24, 2.45) is 5.92 Å². The number of benzene rings is 4. The van der Waals surface area contributed by atoms with Crippen LogP contribution in [0.15, 0.2) is 128 Å². The van der Waals surface area contributed by atoms with Gasteiger partial charge in [-0.15, -0.1) is 0 Å². The van der Waals surface area contributed by atoms with Crippen molar-refractivity contribution in [2.45, 2.75) is 30.8 Å². The lowest BCUT2D eigenvalue weighted by Gasteiger charge is -2.37. The molecule has 2 atom stereocenters. The lowest BCUT2D eigenvalue weighted by Crippen LogP contribution is -2.36. The van der Waals surface area contributed by atoms with Crippen LogP contribution in [-0.2, 0) is 16.9 Å². The minimum atomic E-state index is -0.574. The maximum Gasteiger partial charge on any atom is 0.220 e. The van der Waals surface area contributed by atoms with Crippen molar-refractivity contribution >= 4 is 17.5 Å². The van der Waals surface area contributed by atoms with E-state index < -0.39 is 5.54 Å². The molecule has 1 fully saturated rings. The van der Waals surface area contributed by atoms with E-state index in [0.29, 0.717) is 23.9 Å². The molecule has 0 saturated heterocycles. The Balaban J connectivity index is 1.26.